The second kappa shape index (κ2) is 10.5. The normalized spacial score (nSPS) is 17.9. The van der Waals surface area contributed by atoms with E-state index in [0.29, 0.717) is 35.9 Å². The quantitative estimate of drug-likeness (QED) is 0.305. The van der Waals surface area contributed by atoms with E-state index in [1.165, 1.54) is 4.90 Å². The van der Waals surface area contributed by atoms with Crippen LogP contribution in [0.1, 0.15) is 30.5 Å². The molecule has 2 aromatic rings. The van der Waals surface area contributed by atoms with Crippen LogP contribution in [0, 0.1) is 0 Å². The third-order valence-electron chi connectivity index (χ3n) is 5.24. The van der Waals surface area contributed by atoms with Crippen molar-refractivity contribution in [2.24, 2.45) is 0 Å². The van der Waals surface area contributed by atoms with Gasteiger partial charge in [-0.15, -0.1) is 0 Å². The lowest BCUT2D eigenvalue weighted by molar-refractivity contribution is -0.139. The minimum absolute atomic E-state index is 0.0578. The summed E-state index contributed by atoms with van der Waals surface area (Å²) >= 11 is 9.71. The van der Waals surface area contributed by atoms with Crippen LogP contribution in [0.2, 0.25) is 5.02 Å². The minimum atomic E-state index is -0.703. The van der Waals surface area contributed by atoms with E-state index in [2.05, 4.69) is 15.9 Å². The van der Waals surface area contributed by atoms with E-state index >= 15 is 0 Å². The molecule has 2 aromatic carbocycles. The molecule has 1 saturated heterocycles. The topological polar surface area (TPSA) is 70.1 Å². The van der Waals surface area contributed by atoms with Crippen LogP contribution in [0.15, 0.2) is 52.5 Å². The lowest BCUT2D eigenvalue weighted by atomic mass is 9.95. The number of nitrogens with zero attached hydrogens (tertiary/aromatic N) is 2. The molecule has 170 valence electrons. The molecule has 0 spiro atoms. The van der Waals surface area contributed by atoms with Gasteiger partial charge in [0.25, 0.3) is 11.7 Å². The van der Waals surface area contributed by atoms with Gasteiger partial charge in [-0.25, -0.2) is 0 Å². The number of aliphatic hydroxyl groups excluding tert-OH is 1. The molecule has 1 heterocycles. The number of likely N-dealkylation sites (tertiary alicyclic amines) is 1. The number of hydrogen-bond acceptors (Lipinski definition) is 5. The van der Waals surface area contributed by atoms with Crippen molar-refractivity contribution < 1.29 is 19.4 Å². The molecule has 1 aliphatic rings. The molecular formula is C24H26BrClN2O4. The number of ketones is 1. The number of hydrogen-bond donors (Lipinski definition) is 1. The Morgan fingerprint density at radius 2 is 1.88 bits per heavy atom. The van der Waals surface area contributed by atoms with E-state index in [-0.39, 0.29) is 11.3 Å². The van der Waals surface area contributed by atoms with E-state index < -0.39 is 17.7 Å². The first-order chi connectivity index (χ1) is 15.2. The zero-order valence-corrected chi connectivity index (χ0v) is 20.6. The number of ether oxygens (including phenoxy) is 1. The summed E-state index contributed by atoms with van der Waals surface area (Å²) in [7, 11) is 3.91. The smallest absolute Gasteiger partial charge is 0.295 e. The Balaban J connectivity index is 2.08. The summed E-state index contributed by atoms with van der Waals surface area (Å²) in [4.78, 5) is 29.6. The Hall–Kier alpha value is -2.35. The van der Waals surface area contributed by atoms with Crippen LogP contribution < -0.4 is 4.74 Å². The molecule has 6 nitrogen and oxygen atoms in total. The number of aliphatic hydroxyl groups is 1. The van der Waals surface area contributed by atoms with Gasteiger partial charge in [-0.05, 0) is 69.9 Å². The predicted molar refractivity (Wildman–Crippen MR) is 129 cm³/mol. The van der Waals surface area contributed by atoms with E-state index in [9.17, 15) is 14.7 Å². The summed E-state index contributed by atoms with van der Waals surface area (Å²) in [5.41, 5.74) is 1.16. The molecule has 8 heteroatoms. The molecule has 3 rings (SSSR count). The molecule has 0 bridgehead atoms. The molecule has 0 aromatic heterocycles. The highest BCUT2D eigenvalue weighted by molar-refractivity contribution is 9.10. The van der Waals surface area contributed by atoms with Crippen LogP contribution in [0.3, 0.4) is 0 Å². The maximum atomic E-state index is 13.0. The van der Waals surface area contributed by atoms with Crippen LogP contribution in [-0.4, -0.2) is 60.4 Å². The molecule has 1 aliphatic heterocycles. The Kier molecular flexibility index (Phi) is 7.98. The van der Waals surface area contributed by atoms with Crippen LogP contribution in [0.4, 0.5) is 0 Å². The highest BCUT2D eigenvalue weighted by atomic mass is 79.9. The lowest BCUT2D eigenvalue weighted by Crippen LogP contribution is -2.32. The molecule has 0 saturated carbocycles. The summed E-state index contributed by atoms with van der Waals surface area (Å²) in [6.45, 7) is 3.46. The van der Waals surface area contributed by atoms with Crippen molar-refractivity contribution in [3.63, 3.8) is 0 Å². The largest absolute Gasteiger partial charge is 0.507 e. The number of carbonyl (C=O) groups excluding carboxylic acids is 2. The van der Waals surface area contributed by atoms with Gasteiger partial charge in [-0.3, -0.25) is 9.59 Å². The molecule has 0 radical (unpaired) electrons. The average molecular weight is 522 g/mol. The van der Waals surface area contributed by atoms with E-state index in [1.54, 1.807) is 18.2 Å². The minimum Gasteiger partial charge on any atom is -0.507 e. The van der Waals surface area contributed by atoms with Gasteiger partial charge < -0.3 is 19.6 Å². The number of halogens is 2. The fourth-order valence-corrected chi connectivity index (χ4v) is 4.24. The Bertz CT molecular complexity index is 1040. The lowest BCUT2D eigenvalue weighted by Gasteiger charge is -2.26. The Labute approximate surface area is 201 Å². The highest BCUT2D eigenvalue weighted by Gasteiger charge is 2.45. The summed E-state index contributed by atoms with van der Waals surface area (Å²) in [6.07, 6.45) is 0.696. The fraction of sp³-hybridized carbons (Fsp3) is 0.333. The predicted octanol–water partition coefficient (Wildman–Crippen LogP) is 4.87. The standard InChI is InChI=1S/C24H26BrClN2O4/c1-4-32-19-11-8-16(14-18(19)26)22(29)20-21(15-6-9-17(25)10-7-15)28(24(31)23(20)30)13-5-12-27(2)3/h6-11,14,21,29H,4-5,12-13H2,1-3H3/b22-20+. The molecule has 1 N–H and O–H groups in total. The molecule has 1 unspecified atom stereocenters. The summed E-state index contributed by atoms with van der Waals surface area (Å²) in [5, 5.41) is 11.5. The maximum absolute atomic E-state index is 13.0. The monoisotopic (exact) mass is 520 g/mol. The van der Waals surface area contributed by atoms with E-state index in [4.69, 9.17) is 16.3 Å². The van der Waals surface area contributed by atoms with Gasteiger partial charge in [-0.1, -0.05) is 39.7 Å². The maximum Gasteiger partial charge on any atom is 0.295 e. The van der Waals surface area contributed by atoms with Gasteiger partial charge in [0.2, 0.25) is 0 Å². The Morgan fingerprint density at radius 3 is 2.47 bits per heavy atom. The highest BCUT2D eigenvalue weighted by Crippen LogP contribution is 2.40. The van der Waals surface area contributed by atoms with Crippen LogP contribution in [-0.2, 0) is 9.59 Å². The Morgan fingerprint density at radius 1 is 1.19 bits per heavy atom. The third-order valence-corrected chi connectivity index (χ3v) is 6.06. The number of Topliss-reactive ketones (excluding diaryl/α,β-unsaturated/α-hetero) is 1. The molecule has 0 aliphatic carbocycles. The van der Waals surface area contributed by atoms with Crippen molar-refractivity contribution in [3.8, 4) is 5.75 Å². The van der Waals surface area contributed by atoms with Crippen molar-refractivity contribution in [2.75, 3.05) is 33.8 Å². The zero-order chi connectivity index (χ0) is 23.4. The molecule has 1 fully saturated rings. The molecular weight excluding hydrogens is 496 g/mol. The number of carbonyl (C=O) groups is 2. The van der Waals surface area contributed by atoms with Gasteiger partial charge in [-0.2, -0.15) is 0 Å². The zero-order valence-electron chi connectivity index (χ0n) is 18.3. The summed E-state index contributed by atoms with van der Waals surface area (Å²) < 4.78 is 6.33. The van der Waals surface area contributed by atoms with Gasteiger partial charge in [0, 0.05) is 16.6 Å². The van der Waals surface area contributed by atoms with Gasteiger partial charge >= 0.3 is 0 Å². The number of amides is 1. The van der Waals surface area contributed by atoms with Crippen LogP contribution in [0.5, 0.6) is 5.75 Å². The molecule has 1 amide bonds. The number of benzene rings is 2. The number of rotatable bonds is 8. The van der Waals surface area contributed by atoms with Gasteiger partial charge in [0.15, 0.2) is 0 Å². The second-order valence-corrected chi connectivity index (χ2v) is 9.10. The van der Waals surface area contributed by atoms with Gasteiger partial charge in [0.05, 0.1) is 23.2 Å². The van der Waals surface area contributed by atoms with Gasteiger partial charge in [0.1, 0.15) is 11.5 Å². The summed E-state index contributed by atoms with van der Waals surface area (Å²) in [5.74, 6) is -1.09. The third kappa shape index (κ3) is 5.17. The van der Waals surface area contributed by atoms with Crippen LogP contribution in [0.25, 0.3) is 5.76 Å². The van der Waals surface area contributed by atoms with Crippen LogP contribution >= 0.6 is 27.5 Å². The molecule has 1 atom stereocenters. The fourth-order valence-electron chi connectivity index (χ4n) is 3.74. The first kappa shape index (κ1) is 24.3. The molecule has 32 heavy (non-hydrogen) atoms. The summed E-state index contributed by atoms with van der Waals surface area (Å²) in [6, 6.07) is 11.5. The van der Waals surface area contributed by atoms with Crippen molar-refractivity contribution in [3.05, 3.63) is 68.7 Å². The SMILES string of the molecule is CCOc1ccc(/C(O)=C2\C(=O)C(=O)N(CCCN(C)C)C2c2ccc(Br)cc2)cc1Cl. The second-order valence-electron chi connectivity index (χ2n) is 7.78. The van der Waals surface area contributed by atoms with Crippen molar-refractivity contribution >= 4 is 45.0 Å². The first-order valence-corrected chi connectivity index (χ1v) is 11.5. The van der Waals surface area contributed by atoms with E-state index in [1.807, 2.05) is 50.2 Å². The van der Waals surface area contributed by atoms with Crippen molar-refractivity contribution in [1.29, 1.82) is 0 Å². The first-order valence-electron chi connectivity index (χ1n) is 10.4. The van der Waals surface area contributed by atoms with Crippen molar-refractivity contribution in [2.45, 2.75) is 19.4 Å². The van der Waals surface area contributed by atoms with E-state index in [0.717, 1.165) is 16.6 Å². The average Bonchev–Trinajstić information content (AvgIpc) is 3.00. The van der Waals surface area contributed by atoms with Crippen molar-refractivity contribution in [1.82, 2.24) is 9.80 Å².